The molecule has 0 spiro atoms. The van der Waals surface area contributed by atoms with Gasteiger partial charge in [0.15, 0.2) is 16.0 Å². The van der Waals surface area contributed by atoms with Crippen molar-refractivity contribution in [2.45, 2.75) is 9.24 Å². The summed E-state index contributed by atoms with van der Waals surface area (Å²) in [5, 5.41) is 6.91. The van der Waals surface area contributed by atoms with Crippen molar-refractivity contribution in [2.75, 3.05) is 0 Å². The number of halogens is 4. The van der Waals surface area contributed by atoms with Gasteiger partial charge in [-0.15, -0.1) is 10.2 Å². The van der Waals surface area contributed by atoms with Crippen molar-refractivity contribution < 1.29 is 17.6 Å². The minimum Gasteiger partial charge on any atom is -0.201 e. The summed E-state index contributed by atoms with van der Waals surface area (Å²) in [6.45, 7) is 0. The SMILES string of the molecule is Fc1nc(F)c(F)c(Sc2nncs2)c1F. The van der Waals surface area contributed by atoms with E-state index in [1.807, 2.05) is 0 Å². The van der Waals surface area contributed by atoms with Gasteiger partial charge >= 0.3 is 0 Å². The van der Waals surface area contributed by atoms with E-state index in [4.69, 9.17) is 0 Å². The highest BCUT2D eigenvalue weighted by molar-refractivity contribution is 8.01. The third kappa shape index (κ3) is 2.00. The van der Waals surface area contributed by atoms with Gasteiger partial charge in [-0.2, -0.15) is 13.8 Å². The zero-order valence-corrected chi connectivity index (χ0v) is 8.88. The number of pyridine rings is 1. The molecule has 2 aromatic rings. The fraction of sp³-hybridized carbons (Fsp3) is 0. The Hall–Kier alpha value is -1.22. The summed E-state index contributed by atoms with van der Waals surface area (Å²) in [6.07, 6.45) is 0. The molecule has 16 heavy (non-hydrogen) atoms. The second-order valence-corrected chi connectivity index (χ2v) is 4.55. The van der Waals surface area contributed by atoms with Crippen LogP contribution in [0.2, 0.25) is 0 Å². The number of rotatable bonds is 2. The van der Waals surface area contributed by atoms with E-state index in [1.54, 1.807) is 0 Å². The molecule has 2 aromatic heterocycles. The highest BCUT2D eigenvalue weighted by Crippen LogP contribution is 2.33. The average Bonchev–Trinajstić information content (AvgIpc) is 2.74. The molecule has 9 heteroatoms. The van der Waals surface area contributed by atoms with Crippen LogP contribution in [0.4, 0.5) is 17.6 Å². The Morgan fingerprint density at radius 3 is 2.19 bits per heavy atom. The summed E-state index contributed by atoms with van der Waals surface area (Å²) in [7, 11) is 0. The van der Waals surface area contributed by atoms with Gasteiger partial charge in [-0.05, 0) is 0 Å². The predicted molar refractivity (Wildman–Crippen MR) is 48.1 cm³/mol. The lowest BCUT2D eigenvalue weighted by atomic mass is 10.4. The first-order valence-electron chi connectivity index (χ1n) is 3.73. The van der Waals surface area contributed by atoms with Gasteiger partial charge in [-0.1, -0.05) is 23.1 Å². The molecule has 3 nitrogen and oxygen atoms in total. The molecule has 0 aliphatic rings. The summed E-state index contributed by atoms with van der Waals surface area (Å²) in [6, 6.07) is 0. The van der Waals surface area contributed by atoms with Crippen LogP contribution in [0.3, 0.4) is 0 Å². The lowest BCUT2D eigenvalue weighted by molar-refractivity contribution is 0.383. The average molecular weight is 267 g/mol. The van der Waals surface area contributed by atoms with Crippen LogP contribution in [-0.4, -0.2) is 15.2 Å². The van der Waals surface area contributed by atoms with Crippen LogP contribution in [0.15, 0.2) is 14.7 Å². The maximum absolute atomic E-state index is 13.1. The summed E-state index contributed by atoms with van der Waals surface area (Å²) < 4.78 is 51.8. The standard InChI is InChI=1S/C7HF4N3S2/c8-2-4(16-7-14-12-1-15-7)3(9)6(11)13-5(2)10/h1H. The maximum Gasteiger partial charge on any atom is 0.252 e. The molecular weight excluding hydrogens is 266 g/mol. The topological polar surface area (TPSA) is 38.7 Å². The van der Waals surface area contributed by atoms with Gasteiger partial charge in [-0.25, -0.2) is 8.78 Å². The smallest absolute Gasteiger partial charge is 0.201 e. The second kappa shape index (κ2) is 4.34. The summed E-state index contributed by atoms with van der Waals surface area (Å²) >= 11 is 1.44. The molecule has 0 amide bonds. The summed E-state index contributed by atoms with van der Waals surface area (Å²) in [5.41, 5.74) is 1.33. The van der Waals surface area contributed by atoms with Crippen LogP contribution in [-0.2, 0) is 0 Å². The molecule has 0 unspecified atom stereocenters. The van der Waals surface area contributed by atoms with Gasteiger partial charge in [0.2, 0.25) is 0 Å². The van der Waals surface area contributed by atoms with Crippen molar-refractivity contribution in [3.05, 3.63) is 29.0 Å². The van der Waals surface area contributed by atoms with Gasteiger partial charge in [0.1, 0.15) is 5.51 Å². The van der Waals surface area contributed by atoms with Crippen LogP contribution < -0.4 is 0 Å². The van der Waals surface area contributed by atoms with Gasteiger partial charge in [-0.3, -0.25) is 0 Å². The van der Waals surface area contributed by atoms with Crippen molar-refractivity contribution in [1.29, 1.82) is 0 Å². The lowest BCUT2D eigenvalue weighted by Crippen LogP contribution is -2.01. The van der Waals surface area contributed by atoms with Crippen molar-refractivity contribution in [3.8, 4) is 0 Å². The third-order valence-corrected chi connectivity index (χ3v) is 3.33. The number of aromatic nitrogens is 3. The number of hydrogen-bond donors (Lipinski definition) is 0. The van der Waals surface area contributed by atoms with E-state index in [1.165, 1.54) is 5.51 Å². The van der Waals surface area contributed by atoms with E-state index in [2.05, 4.69) is 15.2 Å². The fourth-order valence-corrected chi connectivity index (χ4v) is 2.31. The van der Waals surface area contributed by atoms with Gasteiger partial charge in [0.25, 0.3) is 11.9 Å². The molecule has 0 aliphatic carbocycles. The molecular formula is C7HF4N3S2. The van der Waals surface area contributed by atoms with Crippen LogP contribution in [0.5, 0.6) is 0 Å². The van der Waals surface area contributed by atoms with Crippen LogP contribution in [0.1, 0.15) is 0 Å². The minimum absolute atomic E-state index is 0.169. The molecule has 0 bridgehead atoms. The van der Waals surface area contributed by atoms with E-state index >= 15 is 0 Å². The molecule has 0 saturated carbocycles. The van der Waals surface area contributed by atoms with Crippen LogP contribution in [0, 0.1) is 23.5 Å². The fourth-order valence-electron chi connectivity index (χ4n) is 0.852. The van der Waals surface area contributed by atoms with Crippen molar-refractivity contribution in [1.82, 2.24) is 15.2 Å². The zero-order valence-electron chi connectivity index (χ0n) is 7.25. The second-order valence-electron chi connectivity index (χ2n) is 2.46. The first-order valence-corrected chi connectivity index (χ1v) is 5.43. The Labute approximate surface area is 94.5 Å². The first kappa shape index (κ1) is 11.3. The number of hydrogen-bond acceptors (Lipinski definition) is 5. The Balaban J connectivity index is 2.47. The highest BCUT2D eigenvalue weighted by Gasteiger charge is 2.22. The molecule has 2 rings (SSSR count). The molecule has 2 heterocycles. The maximum atomic E-state index is 13.1. The molecule has 0 fully saturated rings. The van der Waals surface area contributed by atoms with Crippen molar-refractivity contribution >= 4 is 23.1 Å². The normalized spacial score (nSPS) is 10.8. The molecule has 0 aromatic carbocycles. The predicted octanol–water partition coefficient (Wildman–Crippen LogP) is 2.64. The lowest BCUT2D eigenvalue weighted by Gasteiger charge is -2.02. The van der Waals surface area contributed by atoms with E-state index in [9.17, 15) is 17.6 Å². The van der Waals surface area contributed by atoms with E-state index in [0.29, 0.717) is 11.8 Å². The molecule has 0 N–H and O–H groups in total. The van der Waals surface area contributed by atoms with Gasteiger partial charge in [0.05, 0.1) is 4.90 Å². The molecule has 0 radical (unpaired) electrons. The van der Waals surface area contributed by atoms with Crippen LogP contribution in [0.25, 0.3) is 0 Å². The van der Waals surface area contributed by atoms with Crippen molar-refractivity contribution in [3.63, 3.8) is 0 Å². The monoisotopic (exact) mass is 267 g/mol. The van der Waals surface area contributed by atoms with Gasteiger partial charge in [0, 0.05) is 0 Å². The first-order chi connectivity index (χ1) is 7.59. The quantitative estimate of drug-likeness (QED) is 0.619. The number of nitrogens with zero attached hydrogens (tertiary/aromatic N) is 3. The summed E-state index contributed by atoms with van der Waals surface area (Å²) in [4.78, 5) is 1.62. The molecule has 0 aliphatic heterocycles. The molecule has 0 atom stereocenters. The van der Waals surface area contributed by atoms with Gasteiger partial charge < -0.3 is 0 Å². The van der Waals surface area contributed by atoms with Crippen molar-refractivity contribution in [2.24, 2.45) is 0 Å². The minimum atomic E-state index is -1.69. The Bertz CT molecular complexity index is 491. The zero-order chi connectivity index (χ0) is 11.7. The Morgan fingerprint density at radius 2 is 1.69 bits per heavy atom. The largest absolute Gasteiger partial charge is 0.252 e. The van der Waals surface area contributed by atoms with E-state index in [0.717, 1.165) is 11.3 Å². The third-order valence-electron chi connectivity index (χ3n) is 1.49. The Morgan fingerprint density at radius 1 is 1.06 bits per heavy atom. The molecule has 84 valence electrons. The van der Waals surface area contributed by atoms with E-state index in [-0.39, 0.29) is 4.34 Å². The Kier molecular flexibility index (Phi) is 3.06. The van der Waals surface area contributed by atoms with Crippen LogP contribution >= 0.6 is 23.1 Å². The highest BCUT2D eigenvalue weighted by atomic mass is 32.2. The van der Waals surface area contributed by atoms with E-state index < -0.39 is 28.4 Å². The molecule has 0 saturated heterocycles. The summed E-state index contributed by atoms with van der Waals surface area (Å²) in [5.74, 6) is -6.46.